The van der Waals surface area contributed by atoms with Gasteiger partial charge in [0.15, 0.2) is 6.10 Å². The molecule has 0 aromatic heterocycles. The fraction of sp³-hybridized carbons (Fsp3) is 0.789. The van der Waals surface area contributed by atoms with Crippen molar-refractivity contribution in [2.75, 3.05) is 13.2 Å². The molecule has 6 nitrogen and oxygen atoms in total. The molecule has 0 spiro atoms. The minimum atomic E-state index is -0.802. The van der Waals surface area contributed by atoms with E-state index in [0.717, 1.165) is 50.9 Å². The highest BCUT2D eigenvalue weighted by atomic mass is 16.6. The maximum atomic E-state index is 12.1. The summed E-state index contributed by atoms with van der Waals surface area (Å²) >= 11 is 0. The Morgan fingerprint density at radius 3 is 2.00 bits per heavy atom. The summed E-state index contributed by atoms with van der Waals surface area (Å²) in [5.41, 5.74) is 0. The Hall–Kier alpha value is -1.92. The summed E-state index contributed by atoms with van der Waals surface area (Å²) in [6.45, 7) is 6.38. The zero-order valence-corrected chi connectivity index (χ0v) is 28.5. The van der Waals surface area contributed by atoms with E-state index in [2.05, 4.69) is 57.2 Å². The number of allylic oxidation sites excluding steroid dienone is 4. The molecule has 0 aromatic rings. The molecule has 1 aliphatic heterocycles. The summed E-state index contributed by atoms with van der Waals surface area (Å²) in [7, 11) is 0. The molecule has 254 valence electrons. The molecule has 1 heterocycles. The second-order valence-electron chi connectivity index (χ2n) is 12.6. The SMILES string of the molecule is CCCCC/C=C\CC1OC1C/C=C\C/C=C\CCCC(=O)O[C@@H](CO)COC(=O)CCCCCCCCCCC(C)CC. The second kappa shape index (κ2) is 28.5. The van der Waals surface area contributed by atoms with Crippen molar-refractivity contribution in [1.29, 1.82) is 0 Å². The lowest BCUT2D eigenvalue weighted by molar-refractivity contribution is -0.161. The largest absolute Gasteiger partial charge is 0.462 e. The van der Waals surface area contributed by atoms with Crippen LogP contribution in [0, 0.1) is 5.92 Å². The second-order valence-corrected chi connectivity index (χ2v) is 12.6. The van der Waals surface area contributed by atoms with E-state index in [9.17, 15) is 14.7 Å². The van der Waals surface area contributed by atoms with Crippen molar-refractivity contribution in [2.24, 2.45) is 5.92 Å². The van der Waals surface area contributed by atoms with Crippen molar-refractivity contribution in [3.05, 3.63) is 36.5 Å². The first-order valence-electron chi connectivity index (χ1n) is 18.1. The molecule has 0 saturated carbocycles. The highest BCUT2D eigenvalue weighted by Gasteiger charge is 2.35. The van der Waals surface area contributed by atoms with Crippen LogP contribution >= 0.6 is 0 Å². The molecule has 6 heteroatoms. The predicted molar refractivity (Wildman–Crippen MR) is 181 cm³/mol. The van der Waals surface area contributed by atoms with Crippen LogP contribution in [0.2, 0.25) is 0 Å². The van der Waals surface area contributed by atoms with E-state index in [1.807, 2.05) is 0 Å². The third-order valence-corrected chi connectivity index (χ3v) is 8.38. The summed E-state index contributed by atoms with van der Waals surface area (Å²) in [5, 5.41) is 9.52. The van der Waals surface area contributed by atoms with Gasteiger partial charge in [-0.3, -0.25) is 9.59 Å². The normalized spacial score (nSPS) is 17.9. The fourth-order valence-electron chi connectivity index (χ4n) is 5.09. The molecular formula is C38H66O6. The maximum Gasteiger partial charge on any atom is 0.306 e. The molecule has 0 aromatic carbocycles. The quantitative estimate of drug-likeness (QED) is 0.0373. The molecule has 44 heavy (non-hydrogen) atoms. The van der Waals surface area contributed by atoms with E-state index in [-0.39, 0.29) is 31.6 Å². The van der Waals surface area contributed by atoms with Crippen LogP contribution in [0.3, 0.4) is 0 Å². The van der Waals surface area contributed by atoms with Crippen LogP contribution in [0.1, 0.15) is 156 Å². The van der Waals surface area contributed by atoms with Gasteiger partial charge < -0.3 is 19.3 Å². The third-order valence-electron chi connectivity index (χ3n) is 8.38. The van der Waals surface area contributed by atoms with Gasteiger partial charge in [-0.25, -0.2) is 0 Å². The molecule has 0 aliphatic carbocycles. The molecule has 4 atom stereocenters. The summed E-state index contributed by atoms with van der Waals surface area (Å²) in [5.74, 6) is 0.187. The van der Waals surface area contributed by atoms with E-state index in [0.29, 0.717) is 25.0 Å². The monoisotopic (exact) mass is 618 g/mol. The van der Waals surface area contributed by atoms with Gasteiger partial charge in [0.25, 0.3) is 0 Å². The number of rotatable bonds is 30. The van der Waals surface area contributed by atoms with E-state index in [4.69, 9.17) is 14.2 Å². The lowest BCUT2D eigenvalue weighted by Gasteiger charge is -2.15. The number of hydrogen-bond acceptors (Lipinski definition) is 6. The van der Waals surface area contributed by atoms with Crippen LogP contribution in [-0.2, 0) is 23.8 Å². The molecule has 1 saturated heterocycles. The standard InChI is InChI=1S/C38H66O6/c1-4-6-7-8-17-22-27-35-36(44-35)28-23-18-13-11-15-20-25-30-38(41)43-34(31-39)32-42-37(40)29-24-19-14-10-9-12-16-21-26-33(3)5-2/h11,15,17-18,22-23,33-36,39H,4-10,12-14,16,19-21,24-32H2,1-3H3/b15-11-,22-17-,23-18-/t33?,34-,35?,36?/m0/s1. The summed E-state index contributed by atoms with van der Waals surface area (Å²) < 4.78 is 16.3. The zero-order chi connectivity index (χ0) is 32.1. The van der Waals surface area contributed by atoms with Gasteiger partial charge in [-0.1, -0.05) is 128 Å². The number of ether oxygens (including phenoxy) is 3. The summed E-state index contributed by atoms with van der Waals surface area (Å²) in [4.78, 5) is 24.2. The Bertz CT molecular complexity index is 788. The van der Waals surface area contributed by atoms with Gasteiger partial charge >= 0.3 is 11.9 Å². The fourth-order valence-corrected chi connectivity index (χ4v) is 5.09. The molecule has 1 aliphatic rings. The van der Waals surface area contributed by atoms with Crippen molar-refractivity contribution < 1.29 is 28.9 Å². The van der Waals surface area contributed by atoms with Gasteiger partial charge in [-0.15, -0.1) is 0 Å². The molecule has 1 fully saturated rings. The number of unbranched alkanes of at least 4 members (excludes halogenated alkanes) is 11. The molecule has 3 unspecified atom stereocenters. The number of hydrogen-bond donors (Lipinski definition) is 1. The van der Waals surface area contributed by atoms with Crippen LogP contribution < -0.4 is 0 Å². The summed E-state index contributed by atoms with van der Waals surface area (Å²) in [6, 6.07) is 0. The van der Waals surface area contributed by atoms with Crippen LogP contribution in [-0.4, -0.2) is 48.6 Å². The Labute approximate surface area is 270 Å². The minimum absolute atomic E-state index is 0.0909. The molecule has 0 radical (unpaired) electrons. The number of aliphatic hydroxyl groups excluding tert-OH is 1. The van der Waals surface area contributed by atoms with Crippen LogP contribution in [0.5, 0.6) is 0 Å². The summed E-state index contributed by atoms with van der Waals surface area (Å²) in [6.07, 6.45) is 35.2. The topological polar surface area (TPSA) is 85.4 Å². The van der Waals surface area contributed by atoms with E-state index < -0.39 is 6.10 Å². The number of aliphatic hydroxyl groups is 1. The van der Waals surface area contributed by atoms with Crippen LogP contribution in [0.25, 0.3) is 0 Å². The maximum absolute atomic E-state index is 12.1. The van der Waals surface area contributed by atoms with Gasteiger partial charge in [0, 0.05) is 12.8 Å². The zero-order valence-electron chi connectivity index (χ0n) is 28.5. The van der Waals surface area contributed by atoms with Crippen molar-refractivity contribution >= 4 is 11.9 Å². The first-order chi connectivity index (χ1) is 21.5. The number of carbonyl (C=O) groups excluding carboxylic acids is 2. The molecule has 0 bridgehead atoms. The molecular weight excluding hydrogens is 552 g/mol. The number of epoxide rings is 1. The average Bonchev–Trinajstić information content (AvgIpc) is 3.78. The number of carbonyl (C=O) groups is 2. The number of esters is 2. The Morgan fingerprint density at radius 1 is 0.727 bits per heavy atom. The first-order valence-corrected chi connectivity index (χ1v) is 18.1. The van der Waals surface area contributed by atoms with Crippen molar-refractivity contribution in [3.63, 3.8) is 0 Å². The van der Waals surface area contributed by atoms with Crippen molar-refractivity contribution in [3.8, 4) is 0 Å². The first kappa shape index (κ1) is 40.1. The van der Waals surface area contributed by atoms with E-state index in [1.54, 1.807) is 0 Å². The van der Waals surface area contributed by atoms with Crippen LogP contribution in [0.15, 0.2) is 36.5 Å². The Balaban J connectivity index is 1.96. The highest BCUT2D eigenvalue weighted by Crippen LogP contribution is 2.29. The van der Waals surface area contributed by atoms with Gasteiger partial charge in [-0.2, -0.15) is 0 Å². The van der Waals surface area contributed by atoms with Crippen molar-refractivity contribution in [1.82, 2.24) is 0 Å². The Morgan fingerprint density at radius 2 is 1.32 bits per heavy atom. The smallest absolute Gasteiger partial charge is 0.306 e. The molecule has 0 amide bonds. The lowest BCUT2D eigenvalue weighted by Crippen LogP contribution is -2.28. The third kappa shape index (κ3) is 24.4. The van der Waals surface area contributed by atoms with Gasteiger partial charge in [-0.05, 0) is 57.3 Å². The average molecular weight is 619 g/mol. The Kier molecular flexibility index (Phi) is 26.0. The molecule has 1 rings (SSSR count). The predicted octanol–water partition coefficient (Wildman–Crippen LogP) is 9.74. The van der Waals surface area contributed by atoms with E-state index >= 15 is 0 Å². The van der Waals surface area contributed by atoms with Crippen molar-refractivity contribution in [2.45, 2.75) is 174 Å². The van der Waals surface area contributed by atoms with Gasteiger partial charge in [0.2, 0.25) is 0 Å². The molecule has 1 N–H and O–H groups in total. The van der Waals surface area contributed by atoms with Crippen LogP contribution in [0.4, 0.5) is 0 Å². The minimum Gasteiger partial charge on any atom is -0.462 e. The van der Waals surface area contributed by atoms with Gasteiger partial charge in [0.05, 0.1) is 18.8 Å². The highest BCUT2D eigenvalue weighted by molar-refractivity contribution is 5.70. The lowest BCUT2D eigenvalue weighted by atomic mass is 9.99. The van der Waals surface area contributed by atoms with E-state index in [1.165, 1.54) is 70.6 Å². The van der Waals surface area contributed by atoms with Gasteiger partial charge in [0.1, 0.15) is 6.61 Å².